The Kier molecular flexibility index (Phi) is 4.57. The third-order valence-electron chi connectivity index (χ3n) is 3.54. The third kappa shape index (κ3) is 3.22. The van der Waals surface area contributed by atoms with Gasteiger partial charge in [0.1, 0.15) is 0 Å². The summed E-state index contributed by atoms with van der Waals surface area (Å²) < 4.78 is 4.94. The first-order valence-corrected chi connectivity index (χ1v) is 6.62. The van der Waals surface area contributed by atoms with Crippen molar-refractivity contribution in [1.82, 2.24) is 0 Å². The van der Waals surface area contributed by atoms with Crippen molar-refractivity contribution in [1.29, 1.82) is 0 Å². The molecule has 0 bridgehead atoms. The minimum absolute atomic E-state index is 0.132. The Morgan fingerprint density at radius 3 is 2.67 bits per heavy atom. The number of esters is 1. The van der Waals surface area contributed by atoms with Gasteiger partial charge in [0.15, 0.2) is 0 Å². The monoisotopic (exact) mass is 244 g/mol. The Balaban J connectivity index is 2.15. The van der Waals surface area contributed by atoms with Crippen molar-refractivity contribution >= 4 is 5.97 Å². The van der Waals surface area contributed by atoms with Crippen LogP contribution in [-0.2, 0) is 9.53 Å². The predicted molar refractivity (Wildman–Crippen MR) is 72.4 cm³/mol. The maximum absolute atomic E-state index is 11.9. The first kappa shape index (κ1) is 12.9. The first-order chi connectivity index (χ1) is 8.81. The Hall–Kier alpha value is -1.57. The molecule has 2 heteroatoms. The second kappa shape index (κ2) is 6.39. The number of carbonyl (C=O) groups excluding carboxylic acids is 1. The topological polar surface area (TPSA) is 26.3 Å². The molecule has 0 radical (unpaired) electrons. The summed E-state index contributed by atoms with van der Waals surface area (Å²) >= 11 is 0. The summed E-state index contributed by atoms with van der Waals surface area (Å²) in [6.07, 6.45) is 7.89. The minimum atomic E-state index is -0.152. The van der Waals surface area contributed by atoms with Gasteiger partial charge in [-0.2, -0.15) is 0 Å². The van der Waals surface area contributed by atoms with Crippen LogP contribution >= 0.6 is 0 Å². The highest BCUT2D eigenvalue weighted by Gasteiger charge is 2.22. The van der Waals surface area contributed by atoms with E-state index in [1.54, 1.807) is 0 Å². The lowest BCUT2D eigenvalue weighted by Gasteiger charge is -2.19. The fraction of sp³-hybridized carbons (Fsp3) is 0.438. The molecule has 1 aromatic rings. The zero-order valence-corrected chi connectivity index (χ0v) is 10.9. The summed E-state index contributed by atoms with van der Waals surface area (Å²) in [5.74, 6) is -0.284. The van der Waals surface area contributed by atoms with Crippen LogP contribution in [0, 0.1) is 0 Å². The number of hydrogen-bond donors (Lipinski definition) is 0. The van der Waals surface area contributed by atoms with Gasteiger partial charge in [0.25, 0.3) is 0 Å². The van der Waals surface area contributed by atoms with Gasteiger partial charge in [-0.25, -0.2) is 0 Å². The number of allylic oxidation sites excluding steroid dienone is 2. The Morgan fingerprint density at radius 2 is 2.06 bits per heavy atom. The van der Waals surface area contributed by atoms with Gasteiger partial charge in [0.2, 0.25) is 0 Å². The number of hydrogen-bond acceptors (Lipinski definition) is 2. The molecular weight excluding hydrogens is 224 g/mol. The van der Waals surface area contributed by atoms with Crippen molar-refractivity contribution in [2.24, 2.45) is 0 Å². The van der Waals surface area contributed by atoms with E-state index in [2.05, 4.69) is 6.08 Å². The largest absolute Gasteiger partial charge is 0.469 e. The second-order valence-electron chi connectivity index (χ2n) is 4.80. The van der Waals surface area contributed by atoms with E-state index < -0.39 is 0 Å². The molecule has 0 aliphatic heterocycles. The van der Waals surface area contributed by atoms with Crippen LogP contribution in [0.4, 0.5) is 0 Å². The molecule has 0 amide bonds. The van der Waals surface area contributed by atoms with Crippen LogP contribution in [0.5, 0.6) is 0 Å². The molecule has 0 fully saturated rings. The molecule has 1 aliphatic rings. The highest BCUT2D eigenvalue weighted by atomic mass is 16.5. The van der Waals surface area contributed by atoms with Crippen LogP contribution in [-0.4, -0.2) is 13.1 Å². The lowest BCUT2D eigenvalue weighted by atomic mass is 9.87. The van der Waals surface area contributed by atoms with Gasteiger partial charge in [-0.3, -0.25) is 4.79 Å². The standard InChI is InChI=1S/C16H20O2/c1-18-16(17)15(14-10-6-3-7-11-14)12-13-8-4-2-5-9-13/h3,6-8,10-11,15H,2,4-5,9,12H2,1H3. The van der Waals surface area contributed by atoms with Crippen molar-refractivity contribution in [2.45, 2.75) is 38.0 Å². The molecule has 0 N–H and O–H groups in total. The molecule has 18 heavy (non-hydrogen) atoms. The van der Waals surface area contributed by atoms with Crippen molar-refractivity contribution in [3.05, 3.63) is 47.5 Å². The normalized spacial score (nSPS) is 16.8. The molecule has 0 aromatic heterocycles. The van der Waals surface area contributed by atoms with Gasteiger partial charge in [0, 0.05) is 0 Å². The van der Waals surface area contributed by atoms with Gasteiger partial charge < -0.3 is 4.74 Å². The van der Waals surface area contributed by atoms with Crippen LogP contribution < -0.4 is 0 Å². The van der Waals surface area contributed by atoms with Crippen molar-refractivity contribution < 1.29 is 9.53 Å². The average molecular weight is 244 g/mol. The summed E-state index contributed by atoms with van der Waals surface area (Å²) in [7, 11) is 1.47. The zero-order chi connectivity index (χ0) is 12.8. The quantitative estimate of drug-likeness (QED) is 0.594. The Bertz CT molecular complexity index is 420. The summed E-state index contributed by atoms with van der Waals surface area (Å²) in [5, 5.41) is 0. The number of benzene rings is 1. The van der Waals surface area contributed by atoms with Gasteiger partial charge in [-0.05, 0) is 37.7 Å². The molecule has 2 nitrogen and oxygen atoms in total. The van der Waals surface area contributed by atoms with Crippen molar-refractivity contribution in [3.8, 4) is 0 Å². The number of rotatable bonds is 4. The molecule has 96 valence electrons. The summed E-state index contributed by atoms with van der Waals surface area (Å²) in [6.45, 7) is 0. The second-order valence-corrected chi connectivity index (χ2v) is 4.80. The van der Waals surface area contributed by atoms with E-state index in [0.717, 1.165) is 24.8 Å². The average Bonchev–Trinajstić information content (AvgIpc) is 2.46. The third-order valence-corrected chi connectivity index (χ3v) is 3.54. The lowest BCUT2D eigenvalue weighted by molar-refractivity contribution is -0.142. The van der Waals surface area contributed by atoms with E-state index in [4.69, 9.17) is 4.74 Å². The molecule has 0 heterocycles. The highest BCUT2D eigenvalue weighted by Crippen LogP contribution is 2.29. The molecule has 1 aliphatic carbocycles. The van der Waals surface area contributed by atoms with Crippen molar-refractivity contribution in [2.75, 3.05) is 7.11 Å². The van der Waals surface area contributed by atoms with Crippen LogP contribution in [0.2, 0.25) is 0 Å². The van der Waals surface area contributed by atoms with E-state index in [-0.39, 0.29) is 11.9 Å². The smallest absolute Gasteiger partial charge is 0.313 e. The molecule has 0 saturated heterocycles. The number of ether oxygens (including phenoxy) is 1. The molecule has 2 rings (SSSR count). The molecular formula is C16H20O2. The van der Waals surface area contributed by atoms with Gasteiger partial charge in [0.05, 0.1) is 13.0 Å². The van der Waals surface area contributed by atoms with Gasteiger partial charge in [-0.1, -0.05) is 42.0 Å². The Morgan fingerprint density at radius 1 is 1.28 bits per heavy atom. The van der Waals surface area contributed by atoms with Crippen LogP contribution in [0.15, 0.2) is 42.0 Å². The van der Waals surface area contributed by atoms with E-state index in [9.17, 15) is 4.79 Å². The predicted octanol–water partition coefficient (Wildman–Crippen LogP) is 3.83. The summed E-state index contributed by atoms with van der Waals surface area (Å²) in [5.41, 5.74) is 2.45. The SMILES string of the molecule is COC(=O)C(CC1=CCCCC1)c1ccccc1. The molecule has 0 spiro atoms. The first-order valence-electron chi connectivity index (χ1n) is 6.62. The van der Waals surface area contributed by atoms with Crippen LogP contribution in [0.3, 0.4) is 0 Å². The summed E-state index contributed by atoms with van der Waals surface area (Å²) in [4.78, 5) is 11.9. The number of carbonyl (C=O) groups is 1. The zero-order valence-electron chi connectivity index (χ0n) is 10.9. The van der Waals surface area contributed by atoms with Crippen molar-refractivity contribution in [3.63, 3.8) is 0 Å². The van der Waals surface area contributed by atoms with Crippen LogP contribution in [0.1, 0.15) is 43.6 Å². The minimum Gasteiger partial charge on any atom is -0.469 e. The van der Waals surface area contributed by atoms with E-state index in [1.165, 1.54) is 25.5 Å². The Labute approximate surface area is 109 Å². The summed E-state index contributed by atoms with van der Waals surface area (Å²) in [6, 6.07) is 9.93. The fourth-order valence-corrected chi connectivity index (χ4v) is 2.52. The van der Waals surface area contributed by atoms with Crippen LogP contribution in [0.25, 0.3) is 0 Å². The van der Waals surface area contributed by atoms with Gasteiger partial charge >= 0.3 is 5.97 Å². The van der Waals surface area contributed by atoms with E-state index >= 15 is 0 Å². The maximum atomic E-state index is 11.9. The molecule has 1 atom stereocenters. The molecule has 1 aromatic carbocycles. The van der Waals surface area contributed by atoms with E-state index in [0.29, 0.717) is 0 Å². The lowest BCUT2D eigenvalue weighted by Crippen LogP contribution is -2.15. The number of methoxy groups -OCH3 is 1. The van der Waals surface area contributed by atoms with Gasteiger partial charge in [-0.15, -0.1) is 0 Å². The molecule has 1 unspecified atom stereocenters. The molecule has 0 saturated carbocycles. The fourth-order valence-electron chi connectivity index (χ4n) is 2.52. The highest BCUT2D eigenvalue weighted by molar-refractivity contribution is 5.78. The van der Waals surface area contributed by atoms with E-state index in [1.807, 2.05) is 30.3 Å². The maximum Gasteiger partial charge on any atom is 0.313 e.